The summed E-state index contributed by atoms with van der Waals surface area (Å²) in [6.45, 7) is 0. The van der Waals surface area contributed by atoms with Gasteiger partial charge in [0, 0.05) is 17.7 Å². The number of para-hydroxylation sites is 1. The van der Waals surface area contributed by atoms with Gasteiger partial charge in [-0.3, -0.25) is 4.79 Å². The van der Waals surface area contributed by atoms with Crippen molar-refractivity contribution in [3.63, 3.8) is 0 Å². The lowest BCUT2D eigenvalue weighted by atomic mass is 9.98. The quantitative estimate of drug-likeness (QED) is 0.729. The van der Waals surface area contributed by atoms with Crippen molar-refractivity contribution in [2.45, 2.75) is 12.5 Å². The summed E-state index contributed by atoms with van der Waals surface area (Å²) in [4.78, 5) is 24.9. The average Bonchev–Trinajstić information content (AvgIpc) is 2.69. The molecule has 1 heterocycles. The Morgan fingerprint density at radius 3 is 2.31 bits per heavy atom. The lowest BCUT2D eigenvalue weighted by Crippen LogP contribution is -2.38. The Balaban J connectivity index is 1.58. The van der Waals surface area contributed by atoms with E-state index in [1.54, 1.807) is 12.1 Å². The Kier molecular flexibility index (Phi) is 4.23. The Morgan fingerprint density at radius 2 is 1.50 bits per heavy atom. The van der Waals surface area contributed by atoms with Crippen LogP contribution in [-0.2, 0) is 16.0 Å². The maximum Gasteiger partial charge on any atom is 0.339 e. The molecule has 3 aromatic rings. The number of hydrogen-bond donors (Lipinski definition) is 1. The zero-order valence-corrected chi connectivity index (χ0v) is 14.0. The topological polar surface area (TPSA) is 55.4 Å². The van der Waals surface area contributed by atoms with Gasteiger partial charge in [0.05, 0.1) is 5.56 Å². The van der Waals surface area contributed by atoms with E-state index in [0.717, 1.165) is 16.7 Å². The van der Waals surface area contributed by atoms with Crippen LogP contribution in [0.1, 0.15) is 15.9 Å². The molecule has 1 aliphatic heterocycles. The van der Waals surface area contributed by atoms with Gasteiger partial charge in [-0.1, -0.05) is 66.7 Å². The molecular weight excluding hydrogens is 326 g/mol. The van der Waals surface area contributed by atoms with Gasteiger partial charge < -0.3 is 10.1 Å². The Morgan fingerprint density at radius 1 is 0.846 bits per heavy atom. The Hall–Kier alpha value is -3.40. The molecule has 0 unspecified atom stereocenters. The summed E-state index contributed by atoms with van der Waals surface area (Å²) in [5, 5.41) is 2.91. The smallest absolute Gasteiger partial charge is 0.339 e. The van der Waals surface area contributed by atoms with E-state index in [1.165, 1.54) is 0 Å². The predicted octanol–water partition coefficient (Wildman–Crippen LogP) is 4.07. The van der Waals surface area contributed by atoms with Gasteiger partial charge in [0.1, 0.15) is 0 Å². The molecule has 128 valence electrons. The minimum Gasteiger partial charge on any atom is -0.448 e. The number of hydrogen-bond acceptors (Lipinski definition) is 3. The number of carbonyl (C=O) groups excluding carboxylic acids is 2. The van der Waals surface area contributed by atoms with Crippen LogP contribution < -0.4 is 5.32 Å². The zero-order chi connectivity index (χ0) is 17.9. The highest BCUT2D eigenvalue weighted by atomic mass is 16.5. The molecule has 4 nitrogen and oxygen atoms in total. The average molecular weight is 343 g/mol. The van der Waals surface area contributed by atoms with E-state index in [-0.39, 0.29) is 5.91 Å². The van der Waals surface area contributed by atoms with E-state index in [4.69, 9.17) is 4.74 Å². The van der Waals surface area contributed by atoms with Crippen LogP contribution in [0.15, 0.2) is 78.9 Å². The third kappa shape index (κ3) is 3.09. The Labute approximate surface area is 151 Å². The molecule has 4 rings (SSSR count). The molecule has 0 bridgehead atoms. The molecule has 0 spiro atoms. The molecule has 0 saturated carbocycles. The van der Waals surface area contributed by atoms with Crippen molar-refractivity contribution in [1.29, 1.82) is 0 Å². The number of esters is 1. The third-order valence-electron chi connectivity index (χ3n) is 4.45. The van der Waals surface area contributed by atoms with E-state index in [9.17, 15) is 9.59 Å². The van der Waals surface area contributed by atoms with Crippen LogP contribution in [0, 0.1) is 0 Å². The van der Waals surface area contributed by atoms with E-state index in [0.29, 0.717) is 17.7 Å². The van der Waals surface area contributed by atoms with Crippen molar-refractivity contribution < 1.29 is 14.3 Å². The summed E-state index contributed by atoms with van der Waals surface area (Å²) in [6, 6.07) is 24.6. The molecule has 0 fully saturated rings. The molecule has 1 amide bonds. The monoisotopic (exact) mass is 343 g/mol. The van der Waals surface area contributed by atoms with Crippen molar-refractivity contribution in [3.8, 4) is 11.1 Å². The predicted molar refractivity (Wildman–Crippen MR) is 99.9 cm³/mol. The fraction of sp³-hybridized carbons (Fsp3) is 0.0909. The third-order valence-corrected chi connectivity index (χ3v) is 4.45. The van der Waals surface area contributed by atoms with Crippen LogP contribution in [0.25, 0.3) is 11.1 Å². The lowest BCUT2D eigenvalue weighted by molar-refractivity contribution is -0.125. The molecule has 0 saturated heterocycles. The number of cyclic esters (lactones) is 1. The van der Waals surface area contributed by atoms with Crippen molar-refractivity contribution in [1.82, 2.24) is 0 Å². The van der Waals surface area contributed by atoms with Gasteiger partial charge in [0.25, 0.3) is 5.91 Å². The molecule has 26 heavy (non-hydrogen) atoms. The fourth-order valence-corrected chi connectivity index (χ4v) is 3.15. The minimum absolute atomic E-state index is 0.323. The van der Waals surface area contributed by atoms with Crippen molar-refractivity contribution in [2.75, 3.05) is 5.32 Å². The summed E-state index contributed by atoms with van der Waals surface area (Å²) in [7, 11) is 0. The highest BCUT2D eigenvalue weighted by molar-refractivity contribution is 6.01. The van der Waals surface area contributed by atoms with E-state index in [2.05, 4.69) is 5.32 Å². The lowest BCUT2D eigenvalue weighted by Gasteiger charge is -2.24. The first-order chi connectivity index (χ1) is 12.7. The largest absolute Gasteiger partial charge is 0.448 e. The standard InChI is InChI=1S/C22H17NO3/c24-21(20-14-16-10-4-5-12-18(16)22(25)26-20)23-19-13-7-6-11-17(19)15-8-2-1-3-9-15/h1-13,20H,14H2,(H,23,24)/t20-/m0/s1. The van der Waals surface area contributed by atoms with Crippen LogP contribution in [0.5, 0.6) is 0 Å². The van der Waals surface area contributed by atoms with Gasteiger partial charge in [-0.2, -0.15) is 0 Å². The second-order valence-corrected chi connectivity index (χ2v) is 6.16. The van der Waals surface area contributed by atoms with Gasteiger partial charge in [-0.15, -0.1) is 0 Å². The fourth-order valence-electron chi connectivity index (χ4n) is 3.15. The number of anilines is 1. The van der Waals surface area contributed by atoms with E-state index < -0.39 is 12.1 Å². The van der Waals surface area contributed by atoms with Gasteiger partial charge in [-0.05, 0) is 23.3 Å². The van der Waals surface area contributed by atoms with Gasteiger partial charge in [0.15, 0.2) is 6.10 Å². The van der Waals surface area contributed by atoms with Gasteiger partial charge in [-0.25, -0.2) is 4.79 Å². The first-order valence-electron chi connectivity index (χ1n) is 8.46. The van der Waals surface area contributed by atoms with Gasteiger partial charge >= 0.3 is 5.97 Å². The molecule has 0 aliphatic carbocycles. The van der Waals surface area contributed by atoms with E-state index in [1.807, 2.05) is 66.7 Å². The summed E-state index contributed by atoms with van der Waals surface area (Å²) in [5.41, 5.74) is 3.98. The second kappa shape index (κ2) is 6.84. The minimum atomic E-state index is -0.832. The van der Waals surface area contributed by atoms with Crippen LogP contribution in [-0.4, -0.2) is 18.0 Å². The SMILES string of the molecule is O=C1O[C@H](C(=O)Nc2ccccc2-c2ccccc2)Cc2ccccc21. The van der Waals surface area contributed by atoms with Crippen LogP contribution in [0.3, 0.4) is 0 Å². The highest BCUT2D eigenvalue weighted by Gasteiger charge is 2.31. The molecule has 1 aliphatic rings. The molecule has 1 atom stereocenters. The van der Waals surface area contributed by atoms with Crippen LogP contribution in [0.4, 0.5) is 5.69 Å². The molecule has 4 heteroatoms. The van der Waals surface area contributed by atoms with Crippen molar-refractivity contribution in [3.05, 3.63) is 90.0 Å². The summed E-state index contributed by atoms with van der Waals surface area (Å²) >= 11 is 0. The summed E-state index contributed by atoms with van der Waals surface area (Å²) < 4.78 is 5.34. The number of ether oxygens (including phenoxy) is 1. The van der Waals surface area contributed by atoms with Crippen LogP contribution in [0.2, 0.25) is 0 Å². The molecule has 1 N–H and O–H groups in total. The number of fused-ring (bicyclic) bond motifs is 1. The zero-order valence-electron chi connectivity index (χ0n) is 14.0. The van der Waals surface area contributed by atoms with Gasteiger partial charge in [0.2, 0.25) is 0 Å². The first kappa shape index (κ1) is 16.1. The molecule has 0 radical (unpaired) electrons. The normalized spacial score (nSPS) is 15.7. The summed E-state index contributed by atoms with van der Waals surface area (Å²) in [5.74, 6) is -0.778. The Bertz CT molecular complexity index is 966. The number of amides is 1. The first-order valence-corrected chi connectivity index (χ1v) is 8.46. The molecule has 0 aromatic heterocycles. The maximum absolute atomic E-state index is 12.7. The van der Waals surface area contributed by atoms with Crippen molar-refractivity contribution in [2.24, 2.45) is 0 Å². The van der Waals surface area contributed by atoms with Crippen LogP contribution >= 0.6 is 0 Å². The molecular formula is C22H17NO3. The number of benzene rings is 3. The highest BCUT2D eigenvalue weighted by Crippen LogP contribution is 2.28. The number of rotatable bonds is 3. The van der Waals surface area contributed by atoms with Crippen molar-refractivity contribution >= 4 is 17.6 Å². The number of carbonyl (C=O) groups is 2. The van der Waals surface area contributed by atoms with E-state index >= 15 is 0 Å². The second-order valence-electron chi connectivity index (χ2n) is 6.16. The molecule has 3 aromatic carbocycles. The number of nitrogens with one attached hydrogen (secondary N) is 1. The summed E-state index contributed by atoms with van der Waals surface area (Å²) in [6.07, 6.45) is -0.456. The maximum atomic E-state index is 12.7.